The lowest BCUT2D eigenvalue weighted by Crippen LogP contribution is -2.38. The Morgan fingerprint density at radius 1 is 1.27 bits per heavy atom. The SMILES string of the molecule is COc1ccc(-c2cccc3c2OC(N(C)C(=O)O)C3)cc1. The number of carboxylic acid groups (broad SMARTS) is 1. The Labute approximate surface area is 128 Å². The number of benzene rings is 2. The zero-order valence-corrected chi connectivity index (χ0v) is 12.4. The summed E-state index contributed by atoms with van der Waals surface area (Å²) in [5.41, 5.74) is 2.99. The third-order valence-electron chi connectivity index (χ3n) is 3.88. The quantitative estimate of drug-likeness (QED) is 0.945. The van der Waals surface area contributed by atoms with Crippen LogP contribution < -0.4 is 9.47 Å². The van der Waals surface area contributed by atoms with Gasteiger partial charge in [0.1, 0.15) is 11.5 Å². The average Bonchev–Trinajstić information content (AvgIpc) is 2.98. The number of carbonyl (C=O) groups is 1. The van der Waals surface area contributed by atoms with Crippen molar-refractivity contribution in [3.8, 4) is 22.6 Å². The Hall–Kier alpha value is -2.69. The average molecular weight is 299 g/mol. The minimum atomic E-state index is -0.996. The van der Waals surface area contributed by atoms with Gasteiger partial charge in [-0.05, 0) is 17.7 Å². The second-order valence-corrected chi connectivity index (χ2v) is 5.19. The van der Waals surface area contributed by atoms with E-state index in [-0.39, 0.29) is 0 Å². The number of hydrogen-bond donors (Lipinski definition) is 1. The van der Waals surface area contributed by atoms with Gasteiger partial charge in [0, 0.05) is 24.6 Å². The minimum absolute atomic E-state index is 0.480. The van der Waals surface area contributed by atoms with E-state index in [1.165, 1.54) is 11.9 Å². The molecule has 1 aliphatic rings. The van der Waals surface area contributed by atoms with E-state index in [2.05, 4.69) is 0 Å². The summed E-state index contributed by atoms with van der Waals surface area (Å²) >= 11 is 0. The van der Waals surface area contributed by atoms with Gasteiger partial charge in [-0.25, -0.2) is 4.79 Å². The van der Waals surface area contributed by atoms with Gasteiger partial charge in [0.25, 0.3) is 0 Å². The molecule has 1 aliphatic heterocycles. The molecule has 0 radical (unpaired) electrons. The highest BCUT2D eigenvalue weighted by atomic mass is 16.5. The van der Waals surface area contributed by atoms with Gasteiger partial charge in [0.05, 0.1) is 7.11 Å². The summed E-state index contributed by atoms with van der Waals surface area (Å²) in [5.74, 6) is 1.55. The van der Waals surface area contributed by atoms with E-state index in [9.17, 15) is 4.79 Å². The number of amides is 1. The van der Waals surface area contributed by atoms with Crippen LogP contribution in [0.4, 0.5) is 4.79 Å². The van der Waals surface area contributed by atoms with Crippen LogP contribution in [-0.4, -0.2) is 36.5 Å². The Kier molecular flexibility index (Phi) is 3.63. The van der Waals surface area contributed by atoms with Crippen molar-refractivity contribution < 1.29 is 19.4 Å². The fourth-order valence-electron chi connectivity index (χ4n) is 2.59. The van der Waals surface area contributed by atoms with Crippen molar-refractivity contribution in [2.45, 2.75) is 12.6 Å². The van der Waals surface area contributed by atoms with Crippen molar-refractivity contribution in [3.63, 3.8) is 0 Å². The molecule has 5 nitrogen and oxygen atoms in total. The van der Waals surface area contributed by atoms with Crippen LogP contribution in [0.3, 0.4) is 0 Å². The first-order valence-electron chi connectivity index (χ1n) is 6.99. The number of hydrogen-bond acceptors (Lipinski definition) is 3. The lowest BCUT2D eigenvalue weighted by Gasteiger charge is -2.21. The lowest BCUT2D eigenvalue weighted by molar-refractivity contribution is 0.0610. The molecule has 22 heavy (non-hydrogen) atoms. The van der Waals surface area contributed by atoms with Crippen LogP contribution >= 0.6 is 0 Å². The normalized spacial score (nSPS) is 15.8. The number of nitrogens with zero attached hydrogens (tertiary/aromatic N) is 1. The Morgan fingerprint density at radius 3 is 2.64 bits per heavy atom. The summed E-state index contributed by atoms with van der Waals surface area (Å²) in [4.78, 5) is 12.3. The smallest absolute Gasteiger partial charge is 0.409 e. The van der Waals surface area contributed by atoms with Crippen LogP contribution in [0, 0.1) is 0 Å². The van der Waals surface area contributed by atoms with E-state index in [1.807, 2.05) is 42.5 Å². The summed E-state index contributed by atoms with van der Waals surface area (Å²) in [5, 5.41) is 9.10. The van der Waals surface area contributed by atoms with E-state index in [1.54, 1.807) is 7.11 Å². The summed E-state index contributed by atoms with van der Waals surface area (Å²) in [6.07, 6.45) is -0.919. The lowest BCUT2D eigenvalue weighted by atomic mass is 10.0. The Morgan fingerprint density at radius 2 is 2.00 bits per heavy atom. The van der Waals surface area contributed by atoms with Crippen LogP contribution in [0.5, 0.6) is 11.5 Å². The molecule has 1 atom stereocenters. The molecule has 0 bridgehead atoms. The molecule has 2 aromatic rings. The molecule has 2 aromatic carbocycles. The van der Waals surface area contributed by atoms with E-state index in [4.69, 9.17) is 14.6 Å². The van der Waals surface area contributed by atoms with Crippen LogP contribution in [0.15, 0.2) is 42.5 Å². The number of para-hydroxylation sites is 1. The molecule has 1 unspecified atom stereocenters. The number of methoxy groups -OCH3 is 1. The second-order valence-electron chi connectivity index (χ2n) is 5.19. The van der Waals surface area contributed by atoms with Crippen molar-refractivity contribution in [2.24, 2.45) is 0 Å². The second kappa shape index (κ2) is 5.60. The molecule has 0 saturated carbocycles. The Bertz CT molecular complexity index is 696. The van der Waals surface area contributed by atoms with Gasteiger partial charge in [-0.3, -0.25) is 4.90 Å². The van der Waals surface area contributed by atoms with Gasteiger partial charge in [-0.15, -0.1) is 0 Å². The number of rotatable bonds is 3. The summed E-state index contributed by atoms with van der Waals surface area (Å²) in [7, 11) is 3.15. The molecular weight excluding hydrogens is 282 g/mol. The molecule has 5 heteroatoms. The van der Waals surface area contributed by atoms with Crippen molar-refractivity contribution in [3.05, 3.63) is 48.0 Å². The molecule has 0 aromatic heterocycles. The molecule has 0 saturated heterocycles. The zero-order valence-electron chi connectivity index (χ0n) is 12.4. The van der Waals surface area contributed by atoms with Crippen LogP contribution in [0.25, 0.3) is 11.1 Å². The molecule has 1 heterocycles. The highest BCUT2D eigenvalue weighted by Crippen LogP contribution is 2.39. The molecule has 0 fully saturated rings. The molecular formula is C17H17NO4. The maximum atomic E-state index is 11.1. The highest BCUT2D eigenvalue weighted by molar-refractivity contribution is 5.74. The first-order valence-corrected chi connectivity index (χ1v) is 6.99. The third kappa shape index (κ3) is 2.45. The summed E-state index contributed by atoms with van der Waals surface area (Å²) < 4.78 is 11.1. The van der Waals surface area contributed by atoms with Gasteiger partial charge in [-0.1, -0.05) is 30.3 Å². The minimum Gasteiger partial charge on any atom is -0.497 e. The van der Waals surface area contributed by atoms with Crippen LogP contribution in [0.2, 0.25) is 0 Å². The van der Waals surface area contributed by atoms with E-state index >= 15 is 0 Å². The Balaban J connectivity index is 1.93. The predicted molar refractivity (Wildman–Crippen MR) is 82.3 cm³/mol. The predicted octanol–water partition coefficient (Wildman–Crippen LogP) is 3.23. The molecule has 1 amide bonds. The van der Waals surface area contributed by atoms with Gasteiger partial charge in [0.15, 0.2) is 6.23 Å². The van der Waals surface area contributed by atoms with Gasteiger partial charge in [0.2, 0.25) is 0 Å². The largest absolute Gasteiger partial charge is 0.497 e. The number of ether oxygens (including phenoxy) is 2. The van der Waals surface area contributed by atoms with Crippen molar-refractivity contribution in [1.82, 2.24) is 4.90 Å². The molecule has 3 rings (SSSR count). The first-order chi connectivity index (χ1) is 10.6. The van der Waals surface area contributed by atoms with Crippen molar-refractivity contribution in [1.29, 1.82) is 0 Å². The third-order valence-corrected chi connectivity index (χ3v) is 3.88. The van der Waals surface area contributed by atoms with E-state index < -0.39 is 12.3 Å². The maximum absolute atomic E-state index is 11.1. The zero-order chi connectivity index (χ0) is 15.7. The standard InChI is InChI=1S/C17H17NO4/c1-18(17(19)20)15-10-12-4-3-5-14(16(12)22-15)11-6-8-13(21-2)9-7-11/h3-9,15H,10H2,1-2H3,(H,19,20). The highest BCUT2D eigenvalue weighted by Gasteiger charge is 2.30. The van der Waals surface area contributed by atoms with E-state index in [0.717, 1.165) is 28.2 Å². The molecule has 0 aliphatic carbocycles. The summed E-state index contributed by atoms with van der Waals surface area (Å²) in [6, 6.07) is 13.6. The number of likely N-dealkylation sites (N-methyl/N-ethyl adjacent to an activating group) is 1. The maximum Gasteiger partial charge on any atom is 0.409 e. The van der Waals surface area contributed by atoms with Crippen molar-refractivity contribution in [2.75, 3.05) is 14.2 Å². The van der Waals surface area contributed by atoms with Gasteiger partial charge < -0.3 is 14.6 Å². The molecule has 1 N–H and O–H groups in total. The van der Waals surface area contributed by atoms with Crippen molar-refractivity contribution >= 4 is 6.09 Å². The van der Waals surface area contributed by atoms with Crippen LogP contribution in [0.1, 0.15) is 5.56 Å². The van der Waals surface area contributed by atoms with Gasteiger partial charge in [-0.2, -0.15) is 0 Å². The van der Waals surface area contributed by atoms with Gasteiger partial charge >= 0.3 is 6.09 Å². The fraction of sp³-hybridized carbons (Fsp3) is 0.235. The first kappa shape index (κ1) is 14.3. The van der Waals surface area contributed by atoms with Crippen LogP contribution in [-0.2, 0) is 6.42 Å². The monoisotopic (exact) mass is 299 g/mol. The summed E-state index contributed by atoms with van der Waals surface area (Å²) in [6.45, 7) is 0. The number of fused-ring (bicyclic) bond motifs is 1. The topological polar surface area (TPSA) is 59.0 Å². The molecule has 114 valence electrons. The molecule has 0 spiro atoms. The fourth-order valence-corrected chi connectivity index (χ4v) is 2.59. The van der Waals surface area contributed by atoms with E-state index in [0.29, 0.717) is 6.42 Å².